The Morgan fingerprint density at radius 3 is 2.35 bits per heavy atom. The molecule has 0 spiro atoms. The number of phenolic OH excluding ortho intramolecular Hbond substituents is 1. The van der Waals surface area contributed by atoms with Gasteiger partial charge in [-0.2, -0.15) is 0 Å². The predicted molar refractivity (Wildman–Crippen MR) is 122 cm³/mol. The maximum atomic E-state index is 13.6. The maximum Gasteiger partial charge on any atom is 0.174 e. The lowest BCUT2D eigenvalue weighted by molar-refractivity contribution is 0.475. The predicted octanol–water partition coefficient (Wildman–Crippen LogP) is 4.89. The van der Waals surface area contributed by atoms with E-state index in [1.165, 1.54) is 12.1 Å². The van der Waals surface area contributed by atoms with E-state index in [0.717, 1.165) is 22.8 Å². The number of thiocarbonyl (C=S) groups is 1. The molecule has 154 valence electrons. The summed E-state index contributed by atoms with van der Waals surface area (Å²) in [5.74, 6) is -0.0902. The third-order valence-electron chi connectivity index (χ3n) is 5.41. The van der Waals surface area contributed by atoms with Crippen LogP contribution in [0.5, 0.6) is 5.75 Å². The number of hydrogen-bond donors (Lipinski definition) is 2. The molecule has 31 heavy (non-hydrogen) atoms. The number of halogens is 1. The van der Waals surface area contributed by atoms with E-state index in [1.807, 2.05) is 53.6 Å². The highest BCUT2D eigenvalue weighted by Crippen LogP contribution is 2.42. The average Bonchev–Trinajstić information content (AvgIpc) is 3.40. The highest BCUT2D eigenvalue weighted by molar-refractivity contribution is 7.80. The topological polar surface area (TPSA) is 53.3 Å². The molecule has 0 amide bonds. The van der Waals surface area contributed by atoms with Crippen LogP contribution in [-0.2, 0) is 0 Å². The van der Waals surface area contributed by atoms with Crippen molar-refractivity contribution in [2.75, 3.05) is 4.90 Å². The molecule has 7 heteroatoms. The zero-order valence-corrected chi connectivity index (χ0v) is 17.2. The summed E-state index contributed by atoms with van der Waals surface area (Å²) in [7, 11) is 0. The highest BCUT2D eigenvalue weighted by atomic mass is 32.1. The summed E-state index contributed by atoms with van der Waals surface area (Å²) in [5, 5.41) is 13.6. The lowest BCUT2D eigenvalue weighted by atomic mass is 10.0. The van der Waals surface area contributed by atoms with E-state index in [0.29, 0.717) is 5.11 Å². The van der Waals surface area contributed by atoms with Gasteiger partial charge in [-0.15, -0.1) is 0 Å². The van der Waals surface area contributed by atoms with Crippen LogP contribution in [0.2, 0.25) is 0 Å². The van der Waals surface area contributed by atoms with E-state index in [4.69, 9.17) is 12.2 Å². The minimum atomic E-state index is -0.299. The SMILES string of the molecule is Oc1ccc(-n2cccc2C2C(c3ccccn3)NC(=S)N2c2ccc(F)cc2)cc1. The third kappa shape index (κ3) is 3.53. The number of hydrogen-bond acceptors (Lipinski definition) is 3. The summed E-state index contributed by atoms with van der Waals surface area (Å²) in [6.07, 6.45) is 3.73. The molecular weight excluding hydrogens is 411 g/mol. The minimum Gasteiger partial charge on any atom is -0.508 e. The lowest BCUT2D eigenvalue weighted by Crippen LogP contribution is -2.30. The van der Waals surface area contributed by atoms with Gasteiger partial charge >= 0.3 is 0 Å². The molecule has 5 rings (SSSR count). The van der Waals surface area contributed by atoms with Crippen molar-refractivity contribution in [3.63, 3.8) is 0 Å². The van der Waals surface area contributed by atoms with Crippen LogP contribution < -0.4 is 10.2 Å². The molecule has 0 saturated carbocycles. The highest BCUT2D eigenvalue weighted by Gasteiger charge is 2.42. The van der Waals surface area contributed by atoms with Crippen molar-refractivity contribution in [1.82, 2.24) is 14.9 Å². The molecule has 0 radical (unpaired) electrons. The second kappa shape index (κ2) is 7.85. The smallest absolute Gasteiger partial charge is 0.174 e. The summed E-state index contributed by atoms with van der Waals surface area (Å²) >= 11 is 5.71. The summed E-state index contributed by atoms with van der Waals surface area (Å²) in [6.45, 7) is 0. The number of benzene rings is 2. The van der Waals surface area contributed by atoms with Gasteiger partial charge in [-0.3, -0.25) is 4.98 Å². The van der Waals surface area contributed by atoms with Crippen molar-refractivity contribution in [2.45, 2.75) is 12.1 Å². The number of nitrogens with zero attached hydrogens (tertiary/aromatic N) is 3. The van der Waals surface area contributed by atoms with Gasteiger partial charge in [-0.1, -0.05) is 6.07 Å². The number of pyridine rings is 1. The first-order chi connectivity index (χ1) is 15.1. The summed E-state index contributed by atoms with van der Waals surface area (Å²) < 4.78 is 15.7. The minimum absolute atomic E-state index is 0.204. The van der Waals surface area contributed by atoms with Crippen molar-refractivity contribution in [3.05, 3.63) is 108 Å². The van der Waals surface area contributed by atoms with Crippen LogP contribution in [0.3, 0.4) is 0 Å². The van der Waals surface area contributed by atoms with Gasteiger partial charge < -0.3 is 19.9 Å². The molecule has 0 aliphatic carbocycles. The van der Waals surface area contributed by atoms with Crippen LogP contribution in [-0.4, -0.2) is 19.8 Å². The van der Waals surface area contributed by atoms with Gasteiger partial charge in [0.2, 0.25) is 0 Å². The molecule has 2 atom stereocenters. The number of rotatable bonds is 4. The van der Waals surface area contributed by atoms with Crippen molar-refractivity contribution < 1.29 is 9.50 Å². The van der Waals surface area contributed by atoms with Gasteiger partial charge in [0.15, 0.2) is 5.11 Å². The average molecular weight is 431 g/mol. The molecule has 1 aliphatic heterocycles. The molecule has 3 heterocycles. The van der Waals surface area contributed by atoms with Crippen LogP contribution >= 0.6 is 12.2 Å². The van der Waals surface area contributed by atoms with Crippen LogP contribution in [0.1, 0.15) is 23.5 Å². The van der Waals surface area contributed by atoms with Crippen molar-refractivity contribution >= 4 is 23.0 Å². The van der Waals surface area contributed by atoms with E-state index in [2.05, 4.69) is 14.9 Å². The number of phenols is 1. The van der Waals surface area contributed by atoms with Gasteiger partial charge in [-0.05, 0) is 85.0 Å². The molecular formula is C24H19FN4OS. The normalized spacial score (nSPS) is 18.2. The first-order valence-corrected chi connectivity index (χ1v) is 10.3. The van der Waals surface area contributed by atoms with Gasteiger partial charge in [0, 0.05) is 29.5 Å². The molecule has 5 nitrogen and oxygen atoms in total. The van der Waals surface area contributed by atoms with Gasteiger partial charge in [0.1, 0.15) is 17.6 Å². The molecule has 0 bridgehead atoms. The Labute approximate surface area is 184 Å². The van der Waals surface area contributed by atoms with E-state index >= 15 is 0 Å². The monoisotopic (exact) mass is 430 g/mol. The largest absolute Gasteiger partial charge is 0.508 e. The number of aromatic nitrogens is 2. The van der Waals surface area contributed by atoms with Gasteiger partial charge in [-0.25, -0.2) is 4.39 Å². The molecule has 1 fully saturated rings. The Bertz CT molecular complexity index is 1210. The quantitative estimate of drug-likeness (QED) is 0.452. The fourth-order valence-electron chi connectivity index (χ4n) is 4.02. The second-order valence-corrected chi connectivity index (χ2v) is 7.68. The van der Waals surface area contributed by atoms with Crippen LogP contribution in [0, 0.1) is 5.82 Å². The van der Waals surface area contributed by atoms with Crippen molar-refractivity contribution in [1.29, 1.82) is 0 Å². The molecule has 2 N–H and O–H groups in total. The second-order valence-electron chi connectivity index (χ2n) is 7.29. The summed E-state index contributed by atoms with van der Waals surface area (Å²) in [6, 6.07) is 22.7. The zero-order chi connectivity index (χ0) is 21.4. The molecule has 4 aromatic rings. The van der Waals surface area contributed by atoms with Gasteiger partial charge in [0.05, 0.1) is 11.7 Å². The number of nitrogens with one attached hydrogen (secondary N) is 1. The van der Waals surface area contributed by atoms with E-state index in [-0.39, 0.29) is 23.7 Å². The number of aromatic hydroxyl groups is 1. The number of anilines is 1. The molecule has 2 aromatic carbocycles. The summed E-state index contributed by atoms with van der Waals surface area (Å²) in [5.41, 5.74) is 3.55. The standard InChI is InChI=1S/C24H19FN4OS/c25-16-6-8-18(9-7-16)29-23(22(27-24(29)31)20-4-1-2-14-26-20)21-5-3-15-28(21)17-10-12-19(30)13-11-17/h1-15,22-23,30H,(H,27,31). The van der Waals surface area contributed by atoms with Crippen LogP contribution in [0.25, 0.3) is 5.69 Å². The Morgan fingerprint density at radius 1 is 0.903 bits per heavy atom. The Balaban J connectivity index is 1.66. The first-order valence-electron chi connectivity index (χ1n) is 9.85. The van der Waals surface area contributed by atoms with E-state index in [1.54, 1.807) is 30.5 Å². The molecule has 1 saturated heterocycles. The lowest BCUT2D eigenvalue weighted by Gasteiger charge is -2.29. The summed E-state index contributed by atoms with van der Waals surface area (Å²) in [4.78, 5) is 6.56. The molecule has 2 aromatic heterocycles. The van der Waals surface area contributed by atoms with Gasteiger partial charge in [0.25, 0.3) is 0 Å². The maximum absolute atomic E-state index is 13.6. The fourth-order valence-corrected chi connectivity index (χ4v) is 4.36. The van der Waals surface area contributed by atoms with E-state index < -0.39 is 0 Å². The Morgan fingerprint density at radius 2 is 1.65 bits per heavy atom. The van der Waals surface area contributed by atoms with Crippen LogP contribution in [0.15, 0.2) is 91.3 Å². The third-order valence-corrected chi connectivity index (χ3v) is 5.73. The first kappa shape index (κ1) is 19.3. The Kier molecular flexibility index (Phi) is 4.88. The Hall–Kier alpha value is -3.71. The van der Waals surface area contributed by atoms with Crippen molar-refractivity contribution in [3.8, 4) is 11.4 Å². The molecule has 1 aliphatic rings. The zero-order valence-electron chi connectivity index (χ0n) is 16.4. The van der Waals surface area contributed by atoms with E-state index in [9.17, 15) is 9.50 Å². The van der Waals surface area contributed by atoms with Crippen molar-refractivity contribution in [2.24, 2.45) is 0 Å². The van der Waals surface area contributed by atoms with Crippen LogP contribution in [0.4, 0.5) is 10.1 Å². The molecule has 2 unspecified atom stereocenters. The fraction of sp³-hybridized carbons (Fsp3) is 0.0833.